The Kier molecular flexibility index (Phi) is 5.63. The molecule has 1 aromatic rings. The molecule has 0 aliphatic rings. The Morgan fingerprint density at radius 3 is 2.84 bits per heavy atom. The Hall–Kier alpha value is -2.27. The van der Waals surface area contributed by atoms with Crippen molar-refractivity contribution in [2.45, 2.75) is 6.43 Å². The number of hydrogen-bond donors (Lipinski definition) is 1. The summed E-state index contributed by atoms with van der Waals surface area (Å²) in [6, 6.07) is 5.61. The molecule has 8 heteroatoms. The average Bonchev–Trinajstić information content (AvgIpc) is 2.37. The number of non-ortho nitro benzene ring substituents is 1. The molecule has 1 rings (SSSR count). The standard InChI is InChI=1S/C11H11F2N3O3/c12-11(13)7-19-4-3-15-10-2-1-9(16(17)18)5-8(10)6-14/h1-2,5,11,15H,3-4,7H2. The molecule has 0 aromatic heterocycles. The first-order chi connectivity index (χ1) is 9.04. The quantitative estimate of drug-likeness (QED) is 0.466. The minimum atomic E-state index is -2.52. The number of alkyl halides is 2. The fraction of sp³-hybridized carbons (Fsp3) is 0.364. The summed E-state index contributed by atoms with van der Waals surface area (Å²) in [7, 11) is 0. The topological polar surface area (TPSA) is 88.2 Å². The zero-order chi connectivity index (χ0) is 14.3. The van der Waals surface area contributed by atoms with Crippen LogP contribution in [0.25, 0.3) is 0 Å². The lowest BCUT2D eigenvalue weighted by Gasteiger charge is -2.08. The van der Waals surface area contributed by atoms with Crippen LogP contribution in [0.3, 0.4) is 0 Å². The summed E-state index contributed by atoms with van der Waals surface area (Å²) < 4.78 is 28.2. The van der Waals surface area contributed by atoms with Crippen molar-refractivity contribution >= 4 is 11.4 Å². The van der Waals surface area contributed by atoms with Gasteiger partial charge < -0.3 is 10.1 Å². The number of ether oxygens (including phenoxy) is 1. The van der Waals surface area contributed by atoms with Crippen LogP contribution < -0.4 is 5.32 Å². The SMILES string of the molecule is N#Cc1cc([N+](=O)[O-])ccc1NCCOCC(F)F. The van der Waals surface area contributed by atoms with Crippen LogP contribution in [0.5, 0.6) is 0 Å². The van der Waals surface area contributed by atoms with Gasteiger partial charge in [-0.3, -0.25) is 10.1 Å². The summed E-state index contributed by atoms with van der Waals surface area (Å²) in [5.74, 6) is 0. The van der Waals surface area contributed by atoms with E-state index < -0.39 is 18.0 Å². The van der Waals surface area contributed by atoms with Crippen molar-refractivity contribution < 1.29 is 18.4 Å². The zero-order valence-corrected chi connectivity index (χ0v) is 9.81. The molecule has 0 aliphatic carbocycles. The highest BCUT2D eigenvalue weighted by Gasteiger charge is 2.10. The summed E-state index contributed by atoms with van der Waals surface area (Å²) in [5, 5.41) is 22.2. The van der Waals surface area contributed by atoms with Crippen LogP contribution in [0.4, 0.5) is 20.2 Å². The van der Waals surface area contributed by atoms with Crippen LogP contribution >= 0.6 is 0 Å². The minimum absolute atomic E-state index is 0.0478. The second-order valence-corrected chi connectivity index (χ2v) is 3.49. The average molecular weight is 271 g/mol. The van der Waals surface area contributed by atoms with E-state index in [2.05, 4.69) is 10.1 Å². The van der Waals surface area contributed by atoms with E-state index in [0.717, 1.165) is 6.07 Å². The Balaban J connectivity index is 2.54. The molecule has 0 spiro atoms. The first kappa shape index (κ1) is 14.8. The van der Waals surface area contributed by atoms with Gasteiger partial charge in [0.25, 0.3) is 12.1 Å². The normalized spacial score (nSPS) is 10.2. The van der Waals surface area contributed by atoms with Crippen molar-refractivity contribution in [2.75, 3.05) is 25.1 Å². The predicted octanol–water partition coefficient (Wildman–Crippen LogP) is 2.16. The maximum Gasteiger partial charge on any atom is 0.270 e. The summed E-state index contributed by atoms with van der Waals surface area (Å²) in [5.41, 5.74) is 0.327. The molecule has 0 amide bonds. The molecule has 6 nitrogen and oxygen atoms in total. The van der Waals surface area contributed by atoms with E-state index in [4.69, 9.17) is 5.26 Å². The molecule has 1 N–H and O–H groups in total. The van der Waals surface area contributed by atoms with Gasteiger partial charge in [-0.1, -0.05) is 0 Å². The van der Waals surface area contributed by atoms with Crippen LogP contribution in [-0.2, 0) is 4.74 Å². The van der Waals surface area contributed by atoms with Crippen molar-refractivity contribution in [3.63, 3.8) is 0 Å². The molecule has 1 aromatic carbocycles. The molecule has 0 bridgehead atoms. The lowest BCUT2D eigenvalue weighted by molar-refractivity contribution is -0.384. The highest BCUT2D eigenvalue weighted by atomic mass is 19.3. The highest BCUT2D eigenvalue weighted by molar-refractivity contribution is 5.61. The van der Waals surface area contributed by atoms with E-state index in [1.807, 2.05) is 6.07 Å². The summed E-state index contributed by atoms with van der Waals surface area (Å²) in [6.45, 7) is -0.377. The number of nitrogens with one attached hydrogen (secondary N) is 1. The molecule has 0 heterocycles. The van der Waals surface area contributed by atoms with Gasteiger partial charge in [-0.15, -0.1) is 0 Å². The fourth-order valence-corrected chi connectivity index (χ4v) is 1.32. The predicted molar refractivity (Wildman–Crippen MR) is 63.1 cm³/mol. The Morgan fingerprint density at radius 2 is 2.26 bits per heavy atom. The van der Waals surface area contributed by atoms with Crippen molar-refractivity contribution in [2.24, 2.45) is 0 Å². The number of nitrogens with zero attached hydrogens (tertiary/aromatic N) is 2. The van der Waals surface area contributed by atoms with Crippen molar-refractivity contribution in [3.8, 4) is 6.07 Å². The van der Waals surface area contributed by atoms with Gasteiger partial charge in [-0.05, 0) is 6.07 Å². The third-order valence-electron chi connectivity index (χ3n) is 2.14. The summed E-state index contributed by atoms with van der Waals surface area (Å²) in [6.07, 6.45) is -2.52. The van der Waals surface area contributed by atoms with Gasteiger partial charge in [-0.2, -0.15) is 5.26 Å². The smallest absolute Gasteiger partial charge is 0.270 e. The van der Waals surface area contributed by atoms with Gasteiger partial charge in [-0.25, -0.2) is 8.78 Å². The van der Waals surface area contributed by atoms with Crippen LogP contribution in [0.1, 0.15) is 5.56 Å². The van der Waals surface area contributed by atoms with Gasteiger partial charge in [0, 0.05) is 18.7 Å². The summed E-state index contributed by atoms with van der Waals surface area (Å²) in [4.78, 5) is 9.93. The van der Waals surface area contributed by atoms with E-state index >= 15 is 0 Å². The number of anilines is 1. The molecular weight excluding hydrogens is 260 g/mol. The molecule has 0 unspecified atom stereocenters. The largest absolute Gasteiger partial charge is 0.382 e. The van der Waals surface area contributed by atoms with Crippen molar-refractivity contribution in [1.29, 1.82) is 5.26 Å². The van der Waals surface area contributed by atoms with E-state index in [1.54, 1.807) is 0 Å². The number of rotatable bonds is 7. The van der Waals surface area contributed by atoms with Gasteiger partial charge in [0.15, 0.2) is 0 Å². The lowest BCUT2D eigenvalue weighted by atomic mass is 10.1. The third-order valence-corrected chi connectivity index (χ3v) is 2.14. The molecule has 0 aliphatic heterocycles. The summed E-state index contributed by atoms with van der Waals surface area (Å²) >= 11 is 0. The molecule has 102 valence electrons. The number of nitro benzene ring substituents is 1. The Labute approximate surface area is 107 Å². The number of halogens is 2. The number of nitro groups is 1. The molecule has 0 saturated carbocycles. The van der Waals surface area contributed by atoms with E-state index in [0.29, 0.717) is 5.69 Å². The highest BCUT2D eigenvalue weighted by Crippen LogP contribution is 2.21. The molecule has 19 heavy (non-hydrogen) atoms. The Morgan fingerprint density at radius 1 is 1.53 bits per heavy atom. The zero-order valence-electron chi connectivity index (χ0n) is 9.81. The number of benzene rings is 1. The second kappa shape index (κ2) is 7.23. The maximum absolute atomic E-state index is 11.8. The van der Waals surface area contributed by atoms with Gasteiger partial charge in [0.05, 0.1) is 22.8 Å². The number of hydrogen-bond acceptors (Lipinski definition) is 5. The van der Waals surface area contributed by atoms with Crippen LogP contribution in [0.2, 0.25) is 0 Å². The van der Waals surface area contributed by atoms with Gasteiger partial charge >= 0.3 is 0 Å². The molecule has 0 fully saturated rings. The molecule has 0 atom stereocenters. The maximum atomic E-state index is 11.8. The fourth-order valence-electron chi connectivity index (χ4n) is 1.32. The molecule has 0 radical (unpaired) electrons. The second-order valence-electron chi connectivity index (χ2n) is 3.49. The third kappa shape index (κ3) is 4.85. The van der Waals surface area contributed by atoms with Gasteiger partial charge in [0.1, 0.15) is 12.7 Å². The van der Waals surface area contributed by atoms with Crippen LogP contribution in [-0.4, -0.2) is 31.1 Å². The lowest BCUT2D eigenvalue weighted by Crippen LogP contribution is -2.13. The van der Waals surface area contributed by atoms with Crippen LogP contribution in [0, 0.1) is 21.4 Å². The van der Waals surface area contributed by atoms with Crippen LogP contribution in [0.15, 0.2) is 18.2 Å². The molecule has 0 saturated heterocycles. The van der Waals surface area contributed by atoms with Gasteiger partial charge in [0.2, 0.25) is 0 Å². The van der Waals surface area contributed by atoms with E-state index in [-0.39, 0.29) is 24.4 Å². The van der Waals surface area contributed by atoms with E-state index in [9.17, 15) is 18.9 Å². The van der Waals surface area contributed by atoms with Crippen molar-refractivity contribution in [3.05, 3.63) is 33.9 Å². The Bertz CT molecular complexity index is 489. The first-order valence-corrected chi connectivity index (χ1v) is 5.33. The number of nitriles is 1. The monoisotopic (exact) mass is 271 g/mol. The van der Waals surface area contributed by atoms with E-state index in [1.165, 1.54) is 12.1 Å². The van der Waals surface area contributed by atoms with Crippen molar-refractivity contribution in [1.82, 2.24) is 0 Å². The molecular formula is C11H11F2N3O3. The first-order valence-electron chi connectivity index (χ1n) is 5.33. The minimum Gasteiger partial charge on any atom is -0.382 e.